The van der Waals surface area contributed by atoms with E-state index in [1.165, 1.54) is 42.8 Å². The highest BCUT2D eigenvalue weighted by Crippen LogP contribution is 2.35. The second-order valence-corrected chi connectivity index (χ2v) is 23.1. The molecule has 0 unspecified atom stereocenters. The van der Waals surface area contributed by atoms with E-state index in [1.54, 1.807) is 116 Å². The van der Waals surface area contributed by atoms with Gasteiger partial charge in [-0.1, -0.05) is 66.7 Å². The number of nitrogens with zero attached hydrogens (tertiary/aromatic N) is 1. The highest BCUT2D eigenvalue weighted by atomic mass is 32.2. The van der Waals surface area contributed by atoms with Gasteiger partial charge in [-0.15, -0.1) is 0 Å². The Morgan fingerprint density at radius 1 is 0.469 bits per heavy atom. The van der Waals surface area contributed by atoms with Crippen LogP contribution in [0.2, 0.25) is 0 Å². The SMILES string of the molecule is COc1ccc(-c2cccc(Oc3ccc(C(=O)Nc4ccccc4)cc3S(=O)(=O)NC(=O)NC(C)(C)C)c2)cc1.COc1ccc(-c2cccc(Oc3ccc(C(=O)Nc4ncco4)cc3S(=O)(=O)NC(=O)NC(C)(C)C)c2)cc1. The highest BCUT2D eigenvalue weighted by Gasteiger charge is 2.29. The van der Waals surface area contributed by atoms with Gasteiger partial charge in [0.05, 0.1) is 20.4 Å². The van der Waals surface area contributed by atoms with Crippen molar-refractivity contribution in [1.82, 2.24) is 25.1 Å². The fourth-order valence-corrected chi connectivity index (χ4v) is 9.58. The summed E-state index contributed by atoms with van der Waals surface area (Å²) in [5, 5.41) is 10.3. The zero-order valence-corrected chi connectivity index (χ0v) is 46.9. The molecule has 0 bridgehead atoms. The number of oxazole rings is 1. The number of rotatable bonds is 16. The fraction of sp³-hybridized carbons (Fsp3) is 0.169. The van der Waals surface area contributed by atoms with Gasteiger partial charge in [0.15, 0.2) is 0 Å². The molecule has 420 valence electrons. The van der Waals surface area contributed by atoms with Gasteiger partial charge in [0, 0.05) is 27.9 Å². The van der Waals surface area contributed by atoms with Crippen molar-refractivity contribution in [3.8, 4) is 56.8 Å². The lowest BCUT2D eigenvalue weighted by Crippen LogP contribution is -2.48. The summed E-state index contributed by atoms with van der Waals surface area (Å²) in [6.07, 6.45) is 2.63. The molecule has 0 saturated heterocycles. The van der Waals surface area contributed by atoms with Crippen LogP contribution in [0.15, 0.2) is 190 Å². The number of anilines is 2. The number of amides is 6. The number of urea groups is 2. The lowest BCUT2D eigenvalue weighted by molar-refractivity contribution is 0.101. The summed E-state index contributed by atoms with van der Waals surface area (Å²) in [5.41, 5.74) is 2.62. The van der Waals surface area contributed by atoms with Crippen LogP contribution in [0.3, 0.4) is 0 Å². The molecule has 0 spiro atoms. The molecule has 22 heteroatoms. The Labute approximate surface area is 469 Å². The van der Waals surface area contributed by atoms with Gasteiger partial charge in [0.25, 0.3) is 31.9 Å². The first-order valence-corrected chi connectivity index (χ1v) is 27.7. The molecule has 1 aromatic heterocycles. The number of ether oxygens (including phenoxy) is 4. The van der Waals surface area contributed by atoms with Gasteiger partial charge >= 0.3 is 18.1 Å². The van der Waals surface area contributed by atoms with Crippen molar-refractivity contribution < 1.29 is 59.4 Å². The van der Waals surface area contributed by atoms with E-state index in [4.69, 9.17) is 23.4 Å². The van der Waals surface area contributed by atoms with E-state index < -0.39 is 59.9 Å². The summed E-state index contributed by atoms with van der Waals surface area (Å²) in [6, 6.07) is 43.7. The van der Waals surface area contributed by atoms with Crippen molar-refractivity contribution in [2.45, 2.75) is 62.4 Å². The van der Waals surface area contributed by atoms with Gasteiger partial charge < -0.3 is 39.3 Å². The first-order valence-electron chi connectivity index (χ1n) is 24.8. The minimum Gasteiger partial charge on any atom is -0.497 e. The second kappa shape index (κ2) is 25.4. The smallest absolute Gasteiger partial charge is 0.329 e. The molecule has 0 fully saturated rings. The molecule has 0 radical (unpaired) electrons. The molecule has 6 amide bonds. The number of methoxy groups -OCH3 is 2. The average molecular weight is 1140 g/mol. The summed E-state index contributed by atoms with van der Waals surface area (Å²) in [4.78, 5) is 53.7. The molecule has 0 aliphatic carbocycles. The van der Waals surface area contributed by atoms with Crippen molar-refractivity contribution >= 4 is 55.6 Å². The molecule has 8 rings (SSSR count). The van der Waals surface area contributed by atoms with Crippen LogP contribution in [-0.2, 0) is 20.0 Å². The van der Waals surface area contributed by atoms with Crippen molar-refractivity contribution in [3.63, 3.8) is 0 Å². The lowest BCUT2D eigenvalue weighted by Gasteiger charge is -2.21. The summed E-state index contributed by atoms with van der Waals surface area (Å²) in [7, 11) is -5.78. The third-order valence-electron chi connectivity index (χ3n) is 11.1. The predicted octanol–water partition coefficient (Wildman–Crippen LogP) is 11.4. The molecule has 7 aromatic carbocycles. The Bertz CT molecular complexity index is 3750. The molecular formula is C59H59N7O13S2. The predicted molar refractivity (Wildman–Crippen MR) is 306 cm³/mol. The number of para-hydroxylation sites is 1. The van der Waals surface area contributed by atoms with E-state index in [-0.39, 0.29) is 33.5 Å². The molecule has 6 N–H and O–H groups in total. The standard InChI is InChI=1S/C31H31N3O6S.C28H28N4O7S/c1-31(2,3)33-30(36)34-41(37,38)28-20-23(29(35)32-24-10-6-5-7-11-24)15-18-27(28)40-26-12-8-9-22(19-26)21-13-16-25(39-4)17-14-21;1-28(2,3)31-26(34)32-40(35,36)24-17-20(25(33)30-27-29-14-15-38-27)10-13-23(24)39-22-7-5-6-19(16-22)18-8-11-21(37-4)12-9-18/h5-20H,1-4H3,(H,32,35)(H2,33,34,36);5-17H,1-4H3,(H,29,30,33)(H2,31,32,34). The molecule has 8 aromatic rings. The number of benzene rings is 7. The summed E-state index contributed by atoms with van der Waals surface area (Å²) in [6.45, 7) is 10.3. The zero-order chi connectivity index (χ0) is 58.5. The Kier molecular flexibility index (Phi) is 18.5. The normalized spacial score (nSPS) is 11.4. The number of hydrogen-bond donors (Lipinski definition) is 6. The van der Waals surface area contributed by atoms with Crippen LogP contribution in [0.1, 0.15) is 62.3 Å². The van der Waals surface area contributed by atoms with Gasteiger partial charge in [-0.3, -0.25) is 14.9 Å². The topological polar surface area (TPSA) is 272 Å². The minimum absolute atomic E-state index is 0.0332. The second-order valence-electron chi connectivity index (χ2n) is 19.8. The molecule has 20 nitrogen and oxygen atoms in total. The largest absolute Gasteiger partial charge is 0.497 e. The molecule has 0 aliphatic heterocycles. The Morgan fingerprint density at radius 3 is 1.30 bits per heavy atom. The number of carbonyl (C=O) groups excluding carboxylic acids is 4. The quantitative estimate of drug-likeness (QED) is 0.0525. The van der Waals surface area contributed by atoms with Crippen molar-refractivity contribution in [3.05, 3.63) is 187 Å². The van der Waals surface area contributed by atoms with E-state index in [1.807, 2.05) is 76.2 Å². The number of sulfonamides is 2. The number of nitrogens with one attached hydrogen (secondary N) is 6. The molecule has 0 aliphatic rings. The minimum atomic E-state index is -4.49. The molecule has 1 heterocycles. The molecule has 0 atom stereocenters. The Hall–Kier alpha value is -9.67. The summed E-state index contributed by atoms with van der Waals surface area (Å²) < 4.78 is 85.0. The van der Waals surface area contributed by atoms with Crippen LogP contribution < -0.4 is 49.7 Å². The first kappa shape index (κ1) is 59.0. The van der Waals surface area contributed by atoms with Crippen molar-refractivity contribution in [2.75, 3.05) is 24.9 Å². The van der Waals surface area contributed by atoms with Crippen LogP contribution in [0, 0.1) is 0 Å². The maximum atomic E-state index is 13.4. The maximum absolute atomic E-state index is 13.4. The highest BCUT2D eigenvalue weighted by molar-refractivity contribution is 7.90. The molecular weight excluding hydrogens is 1080 g/mol. The molecule has 0 saturated carbocycles. The van der Waals surface area contributed by atoms with E-state index >= 15 is 0 Å². The van der Waals surface area contributed by atoms with Gasteiger partial charge in [0.2, 0.25) is 0 Å². The third-order valence-corrected chi connectivity index (χ3v) is 13.8. The van der Waals surface area contributed by atoms with E-state index in [0.717, 1.165) is 34.1 Å². The Morgan fingerprint density at radius 2 is 0.901 bits per heavy atom. The van der Waals surface area contributed by atoms with Crippen molar-refractivity contribution in [1.29, 1.82) is 0 Å². The van der Waals surface area contributed by atoms with Gasteiger partial charge in [-0.2, -0.15) is 0 Å². The van der Waals surface area contributed by atoms with Crippen LogP contribution in [0.4, 0.5) is 21.3 Å². The van der Waals surface area contributed by atoms with Crippen LogP contribution in [0.5, 0.6) is 34.5 Å². The third kappa shape index (κ3) is 16.9. The van der Waals surface area contributed by atoms with E-state index in [2.05, 4.69) is 26.3 Å². The number of carbonyl (C=O) groups is 4. The monoisotopic (exact) mass is 1140 g/mol. The van der Waals surface area contributed by atoms with E-state index in [0.29, 0.717) is 22.9 Å². The number of aromatic nitrogens is 1. The van der Waals surface area contributed by atoms with Crippen LogP contribution in [-0.4, -0.2) is 71.0 Å². The zero-order valence-electron chi connectivity index (χ0n) is 45.3. The summed E-state index contributed by atoms with van der Waals surface area (Å²) in [5.74, 6) is 0.749. The molecule has 81 heavy (non-hydrogen) atoms. The lowest BCUT2D eigenvalue weighted by atomic mass is 10.1. The average Bonchev–Trinajstić information content (AvgIpc) is 3.95. The first-order chi connectivity index (χ1) is 38.4. The Balaban J connectivity index is 0.000000234. The van der Waals surface area contributed by atoms with Crippen LogP contribution >= 0.6 is 0 Å². The van der Waals surface area contributed by atoms with E-state index in [9.17, 15) is 36.0 Å². The van der Waals surface area contributed by atoms with Gasteiger partial charge in [-0.25, -0.2) is 40.9 Å². The number of hydrogen-bond acceptors (Lipinski definition) is 14. The van der Waals surface area contributed by atoms with Crippen LogP contribution in [0.25, 0.3) is 22.3 Å². The van der Waals surface area contributed by atoms with Gasteiger partial charge in [-0.05, 0) is 161 Å². The van der Waals surface area contributed by atoms with Crippen molar-refractivity contribution in [2.24, 2.45) is 0 Å². The van der Waals surface area contributed by atoms with Gasteiger partial charge in [0.1, 0.15) is 50.6 Å². The fourth-order valence-electron chi connectivity index (χ4n) is 7.45. The summed E-state index contributed by atoms with van der Waals surface area (Å²) >= 11 is 0. The maximum Gasteiger partial charge on any atom is 0.329 e.